The summed E-state index contributed by atoms with van der Waals surface area (Å²) in [5.74, 6) is -1.37. The molecule has 1 aliphatic heterocycles. The lowest BCUT2D eigenvalue weighted by Crippen LogP contribution is -2.37. The standard InChI is InChI=1S/C26H19N3O4/c30-22-9-6-15(11-23(22)31)13-27-14-21-20-12-17(7-8-19(20)25(32)29-26(21)33)18-5-1-3-16-4-2-10-28-24(16)18/h1-12,14,27,30-31H,13H2,(H,29,32,33)/b21-14+. The molecule has 33 heavy (non-hydrogen) atoms. The van der Waals surface area contributed by atoms with Gasteiger partial charge in [-0.05, 0) is 41.5 Å². The molecule has 1 aromatic heterocycles. The van der Waals surface area contributed by atoms with Crippen LogP contribution in [0.4, 0.5) is 0 Å². The number of carbonyl (C=O) groups excluding carboxylic acids is 2. The molecule has 0 aliphatic carbocycles. The van der Waals surface area contributed by atoms with E-state index >= 15 is 0 Å². The van der Waals surface area contributed by atoms with Gasteiger partial charge in [-0.2, -0.15) is 0 Å². The Morgan fingerprint density at radius 2 is 1.70 bits per heavy atom. The maximum Gasteiger partial charge on any atom is 0.260 e. The second-order valence-corrected chi connectivity index (χ2v) is 7.69. The first-order valence-electron chi connectivity index (χ1n) is 10.3. The zero-order valence-electron chi connectivity index (χ0n) is 17.4. The highest BCUT2D eigenvalue weighted by molar-refractivity contribution is 6.31. The fraction of sp³-hybridized carbons (Fsp3) is 0.0385. The van der Waals surface area contributed by atoms with Crippen molar-refractivity contribution in [1.29, 1.82) is 0 Å². The van der Waals surface area contributed by atoms with Crippen LogP contribution in [0, 0.1) is 0 Å². The Morgan fingerprint density at radius 3 is 2.55 bits per heavy atom. The molecule has 2 heterocycles. The third-order valence-corrected chi connectivity index (χ3v) is 5.56. The highest BCUT2D eigenvalue weighted by atomic mass is 16.3. The summed E-state index contributed by atoms with van der Waals surface area (Å²) in [6, 6.07) is 19.6. The Balaban J connectivity index is 1.53. The van der Waals surface area contributed by atoms with Gasteiger partial charge in [0.2, 0.25) is 0 Å². The summed E-state index contributed by atoms with van der Waals surface area (Å²) in [7, 11) is 0. The number of para-hydroxylation sites is 1. The van der Waals surface area contributed by atoms with Gasteiger partial charge in [0.1, 0.15) is 0 Å². The number of nitrogens with zero attached hydrogens (tertiary/aromatic N) is 1. The maximum absolute atomic E-state index is 12.6. The molecule has 162 valence electrons. The van der Waals surface area contributed by atoms with Crippen LogP contribution < -0.4 is 10.6 Å². The number of rotatable bonds is 4. The molecule has 5 rings (SSSR count). The van der Waals surface area contributed by atoms with Crippen molar-refractivity contribution in [1.82, 2.24) is 15.6 Å². The van der Waals surface area contributed by atoms with Crippen molar-refractivity contribution < 1.29 is 19.8 Å². The van der Waals surface area contributed by atoms with Gasteiger partial charge in [-0.15, -0.1) is 0 Å². The second-order valence-electron chi connectivity index (χ2n) is 7.69. The number of pyridine rings is 1. The number of benzene rings is 3. The first-order chi connectivity index (χ1) is 16.0. The fourth-order valence-corrected chi connectivity index (χ4v) is 3.92. The average Bonchev–Trinajstić information content (AvgIpc) is 2.82. The first kappa shape index (κ1) is 20.3. The van der Waals surface area contributed by atoms with E-state index in [1.54, 1.807) is 24.5 Å². The zero-order chi connectivity index (χ0) is 22.9. The SMILES string of the molecule is O=C1NC(=O)c2ccc(-c3cccc4cccnc34)cc2/C1=C\NCc1ccc(O)c(O)c1. The predicted molar refractivity (Wildman–Crippen MR) is 124 cm³/mol. The van der Waals surface area contributed by atoms with Gasteiger partial charge in [0.05, 0.1) is 11.1 Å². The number of amides is 2. The molecule has 0 saturated heterocycles. The van der Waals surface area contributed by atoms with Crippen LogP contribution in [0.25, 0.3) is 27.6 Å². The molecule has 0 fully saturated rings. The number of carbonyl (C=O) groups is 2. The lowest BCUT2D eigenvalue weighted by Gasteiger charge is -2.20. The number of imide groups is 1. The van der Waals surface area contributed by atoms with Gasteiger partial charge in [0.25, 0.3) is 11.8 Å². The van der Waals surface area contributed by atoms with E-state index in [-0.39, 0.29) is 11.5 Å². The summed E-state index contributed by atoms with van der Waals surface area (Å²) in [5, 5.41) is 25.5. The molecule has 0 spiro atoms. The largest absolute Gasteiger partial charge is 0.504 e. The Morgan fingerprint density at radius 1 is 0.848 bits per heavy atom. The van der Waals surface area contributed by atoms with Crippen LogP contribution in [0.5, 0.6) is 11.5 Å². The topological polar surface area (TPSA) is 112 Å². The number of phenolic OH excluding ortho intramolecular Hbond substituents is 2. The average molecular weight is 437 g/mol. The molecule has 7 heteroatoms. The molecule has 7 nitrogen and oxygen atoms in total. The number of fused-ring (bicyclic) bond motifs is 2. The molecular weight excluding hydrogens is 418 g/mol. The normalized spacial score (nSPS) is 14.2. The molecule has 0 bridgehead atoms. The molecule has 0 saturated carbocycles. The monoisotopic (exact) mass is 437 g/mol. The molecule has 0 unspecified atom stereocenters. The van der Waals surface area contributed by atoms with Crippen LogP contribution in [0.15, 0.2) is 79.1 Å². The van der Waals surface area contributed by atoms with Crippen LogP contribution >= 0.6 is 0 Å². The first-order valence-corrected chi connectivity index (χ1v) is 10.3. The zero-order valence-corrected chi connectivity index (χ0v) is 17.4. The minimum Gasteiger partial charge on any atom is -0.504 e. The van der Waals surface area contributed by atoms with Crippen LogP contribution in [0.3, 0.4) is 0 Å². The van der Waals surface area contributed by atoms with E-state index in [0.29, 0.717) is 28.8 Å². The van der Waals surface area contributed by atoms with Crippen LogP contribution in [0.2, 0.25) is 0 Å². The highest BCUT2D eigenvalue weighted by Gasteiger charge is 2.27. The fourth-order valence-electron chi connectivity index (χ4n) is 3.92. The lowest BCUT2D eigenvalue weighted by molar-refractivity contribution is -0.114. The Labute approximate surface area is 189 Å². The van der Waals surface area contributed by atoms with Crippen LogP contribution in [0.1, 0.15) is 21.5 Å². The van der Waals surface area contributed by atoms with Crippen molar-refractivity contribution in [3.8, 4) is 22.6 Å². The summed E-state index contributed by atoms with van der Waals surface area (Å²) in [4.78, 5) is 29.6. The summed E-state index contributed by atoms with van der Waals surface area (Å²) in [5.41, 5.74) is 4.54. The van der Waals surface area contributed by atoms with Crippen molar-refractivity contribution in [3.05, 3.63) is 95.8 Å². The van der Waals surface area contributed by atoms with Crippen molar-refractivity contribution >= 4 is 28.3 Å². The summed E-state index contributed by atoms with van der Waals surface area (Å²) in [6.07, 6.45) is 3.28. The quantitative estimate of drug-likeness (QED) is 0.220. The van der Waals surface area contributed by atoms with Gasteiger partial charge in [0.15, 0.2) is 11.5 Å². The van der Waals surface area contributed by atoms with Crippen molar-refractivity contribution in [3.63, 3.8) is 0 Å². The van der Waals surface area contributed by atoms with E-state index in [4.69, 9.17) is 0 Å². The van der Waals surface area contributed by atoms with Gasteiger partial charge < -0.3 is 15.5 Å². The van der Waals surface area contributed by atoms with E-state index in [2.05, 4.69) is 15.6 Å². The summed E-state index contributed by atoms with van der Waals surface area (Å²) in [6.45, 7) is 0.306. The van der Waals surface area contributed by atoms with Crippen molar-refractivity contribution in [2.45, 2.75) is 6.54 Å². The number of hydrogen-bond acceptors (Lipinski definition) is 6. The Hall–Kier alpha value is -4.65. The molecule has 0 atom stereocenters. The molecule has 0 radical (unpaired) electrons. The van der Waals surface area contributed by atoms with E-state index in [0.717, 1.165) is 22.0 Å². The number of nitrogens with one attached hydrogen (secondary N) is 2. The molecular formula is C26H19N3O4. The van der Waals surface area contributed by atoms with Gasteiger partial charge in [-0.25, -0.2) is 0 Å². The molecule has 4 N–H and O–H groups in total. The lowest BCUT2D eigenvalue weighted by atomic mass is 9.91. The highest BCUT2D eigenvalue weighted by Crippen LogP contribution is 2.32. The number of aromatic nitrogens is 1. The van der Waals surface area contributed by atoms with Crippen LogP contribution in [-0.2, 0) is 11.3 Å². The number of hydrogen-bond donors (Lipinski definition) is 4. The molecule has 2 amide bonds. The Kier molecular flexibility index (Phi) is 4.99. The van der Waals surface area contributed by atoms with Gasteiger partial charge >= 0.3 is 0 Å². The summed E-state index contributed by atoms with van der Waals surface area (Å²) >= 11 is 0. The van der Waals surface area contributed by atoms with Crippen molar-refractivity contribution in [2.75, 3.05) is 0 Å². The van der Waals surface area contributed by atoms with E-state index < -0.39 is 11.8 Å². The van der Waals surface area contributed by atoms with Gasteiger partial charge in [-0.1, -0.05) is 36.4 Å². The smallest absolute Gasteiger partial charge is 0.260 e. The second kappa shape index (κ2) is 8.12. The van der Waals surface area contributed by atoms with E-state index in [1.165, 1.54) is 12.1 Å². The molecule has 1 aliphatic rings. The molecule has 3 aromatic carbocycles. The van der Waals surface area contributed by atoms with E-state index in [1.807, 2.05) is 42.5 Å². The minimum atomic E-state index is -0.498. The summed E-state index contributed by atoms with van der Waals surface area (Å²) < 4.78 is 0. The number of phenols is 2. The van der Waals surface area contributed by atoms with Crippen molar-refractivity contribution in [2.24, 2.45) is 0 Å². The number of aromatic hydroxyl groups is 2. The van der Waals surface area contributed by atoms with E-state index in [9.17, 15) is 19.8 Å². The minimum absolute atomic E-state index is 0.202. The van der Waals surface area contributed by atoms with Crippen LogP contribution in [-0.4, -0.2) is 27.0 Å². The predicted octanol–water partition coefficient (Wildman–Crippen LogP) is 3.71. The Bertz CT molecular complexity index is 1450. The van der Waals surface area contributed by atoms with Gasteiger partial charge in [0, 0.05) is 41.0 Å². The third-order valence-electron chi connectivity index (χ3n) is 5.56. The third kappa shape index (κ3) is 3.76. The maximum atomic E-state index is 12.6. The van der Waals surface area contributed by atoms with Gasteiger partial charge in [-0.3, -0.25) is 19.9 Å². The molecule has 4 aromatic rings.